The van der Waals surface area contributed by atoms with Crippen LogP contribution in [0.4, 0.5) is 22.7 Å². The molecular formula is C58H42N6S. The number of allylic oxidation sites excluding steroid dienone is 2. The quantitative estimate of drug-likeness (QED) is 0.164. The molecule has 5 aromatic heterocycles. The lowest BCUT2D eigenvalue weighted by Gasteiger charge is -2.39. The van der Waals surface area contributed by atoms with Crippen molar-refractivity contribution < 1.29 is 0 Å². The van der Waals surface area contributed by atoms with Crippen LogP contribution in [0.3, 0.4) is 0 Å². The Balaban J connectivity index is 0.894. The van der Waals surface area contributed by atoms with Crippen LogP contribution in [0, 0.1) is 6.92 Å². The topological polar surface area (TPSA) is 66.8 Å². The van der Waals surface area contributed by atoms with Gasteiger partial charge in [0.05, 0.1) is 49.1 Å². The van der Waals surface area contributed by atoms with Crippen molar-refractivity contribution in [3.05, 3.63) is 218 Å². The average Bonchev–Trinajstić information content (AvgIpc) is 3.86. The first-order chi connectivity index (χ1) is 32.0. The maximum absolute atomic E-state index is 5.41. The molecule has 0 saturated carbocycles. The summed E-state index contributed by atoms with van der Waals surface area (Å²) in [7, 11) is 0. The number of aromatic nitrogens is 4. The Morgan fingerprint density at radius 1 is 0.569 bits per heavy atom. The monoisotopic (exact) mass is 854 g/mol. The van der Waals surface area contributed by atoms with E-state index in [1.54, 1.807) is 11.3 Å². The first-order valence-electron chi connectivity index (χ1n) is 22.0. The fourth-order valence-corrected chi connectivity index (χ4v) is 10.8. The molecule has 1 N–H and O–H groups in total. The summed E-state index contributed by atoms with van der Waals surface area (Å²) in [6.07, 6.45) is 12.6. The molecule has 0 amide bonds. The number of hydrogen-bond donors (Lipinski definition) is 1. The van der Waals surface area contributed by atoms with Crippen LogP contribution >= 0.6 is 11.3 Å². The number of nitrogens with zero attached hydrogens (tertiary/aromatic N) is 5. The molecule has 2 atom stereocenters. The van der Waals surface area contributed by atoms with Crippen LogP contribution in [0.25, 0.3) is 76.5 Å². The van der Waals surface area contributed by atoms with Crippen molar-refractivity contribution >= 4 is 54.5 Å². The van der Waals surface area contributed by atoms with Crippen LogP contribution in [0.1, 0.15) is 24.1 Å². The summed E-state index contributed by atoms with van der Waals surface area (Å²) in [6, 6.07) is 60.0. The van der Waals surface area contributed by atoms with Crippen LogP contribution in [0.15, 0.2) is 207 Å². The summed E-state index contributed by atoms with van der Waals surface area (Å²) in [5.41, 5.74) is 18.5. The van der Waals surface area contributed by atoms with E-state index in [0.717, 1.165) is 105 Å². The second-order valence-electron chi connectivity index (χ2n) is 16.9. The average molecular weight is 855 g/mol. The van der Waals surface area contributed by atoms with Gasteiger partial charge in [-0.25, -0.2) is 9.97 Å². The number of aryl methyl sites for hydroxylation is 1. The fourth-order valence-electron chi connectivity index (χ4n) is 9.84. The van der Waals surface area contributed by atoms with Gasteiger partial charge in [-0.3, -0.25) is 9.97 Å². The van der Waals surface area contributed by atoms with Crippen LogP contribution in [0.5, 0.6) is 0 Å². The number of benzene rings is 5. The van der Waals surface area contributed by atoms with E-state index in [-0.39, 0.29) is 11.5 Å². The van der Waals surface area contributed by atoms with Crippen molar-refractivity contribution in [2.45, 2.75) is 25.3 Å². The highest BCUT2D eigenvalue weighted by Crippen LogP contribution is 2.53. The highest BCUT2D eigenvalue weighted by Gasteiger charge is 2.47. The van der Waals surface area contributed by atoms with Crippen LogP contribution in [0.2, 0.25) is 0 Å². The molecule has 0 spiro atoms. The molecule has 6 heterocycles. The standard InChI is InChI=1S/C58H42N6S/c1-37-15-3-4-20-42(37)54-50(26-13-33-59-54)61-40-18-11-16-38(35-40)43-21-5-7-23-45(43)48-28-30-52-56(62-48)57-53(65-52)31-29-49(63-57)46-24-8-6-22-44(46)39-17-12-19-41(36-39)64-51-27-14-34-60-55(51)47-25-9-10-32-58(47,64)2/h3-36,47,61H,1-2H3. The molecule has 0 fully saturated rings. The molecule has 5 aromatic carbocycles. The molecule has 2 unspecified atom stereocenters. The normalized spacial score (nSPS) is 16.2. The molecule has 12 rings (SSSR count). The molecule has 0 saturated heterocycles. The second kappa shape index (κ2) is 15.7. The molecule has 65 heavy (non-hydrogen) atoms. The van der Waals surface area contributed by atoms with Crippen molar-refractivity contribution in [2.24, 2.45) is 0 Å². The summed E-state index contributed by atoms with van der Waals surface area (Å²) < 4.78 is 2.22. The van der Waals surface area contributed by atoms with Gasteiger partial charge in [0.1, 0.15) is 11.0 Å². The lowest BCUT2D eigenvalue weighted by Crippen LogP contribution is -2.42. The van der Waals surface area contributed by atoms with Gasteiger partial charge in [-0.05, 0) is 114 Å². The minimum atomic E-state index is -0.267. The van der Waals surface area contributed by atoms with Gasteiger partial charge in [0.15, 0.2) is 0 Å². The summed E-state index contributed by atoms with van der Waals surface area (Å²) in [6.45, 7) is 4.43. The number of hydrogen-bond acceptors (Lipinski definition) is 7. The number of pyridine rings is 4. The number of fused-ring (bicyclic) bond motifs is 6. The molecular weight excluding hydrogens is 813 g/mol. The van der Waals surface area contributed by atoms with E-state index in [1.165, 1.54) is 5.56 Å². The van der Waals surface area contributed by atoms with Crippen LogP contribution in [-0.4, -0.2) is 25.5 Å². The summed E-state index contributed by atoms with van der Waals surface area (Å²) >= 11 is 1.73. The molecule has 310 valence electrons. The maximum atomic E-state index is 5.41. The molecule has 0 radical (unpaired) electrons. The Kier molecular flexibility index (Phi) is 9.31. The van der Waals surface area contributed by atoms with Gasteiger partial charge in [-0.15, -0.1) is 11.3 Å². The van der Waals surface area contributed by atoms with E-state index in [1.807, 2.05) is 24.5 Å². The smallest absolute Gasteiger partial charge is 0.108 e. The number of rotatable bonds is 8. The van der Waals surface area contributed by atoms with Gasteiger partial charge < -0.3 is 10.2 Å². The van der Waals surface area contributed by atoms with Crippen molar-refractivity contribution in [1.82, 2.24) is 19.9 Å². The number of thiophene rings is 1. The molecule has 10 aromatic rings. The molecule has 7 heteroatoms. The molecule has 1 aliphatic heterocycles. The molecule has 6 nitrogen and oxygen atoms in total. The summed E-state index contributed by atoms with van der Waals surface area (Å²) in [5, 5.41) is 3.68. The van der Waals surface area contributed by atoms with E-state index in [4.69, 9.17) is 19.9 Å². The van der Waals surface area contributed by atoms with E-state index in [9.17, 15) is 0 Å². The number of anilines is 4. The minimum Gasteiger partial charge on any atom is -0.354 e. The highest BCUT2D eigenvalue weighted by atomic mass is 32.1. The molecule has 0 bridgehead atoms. The zero-order chi connectivity index (χ0) is 43.5. The predicted octanol–water partition coefficient (Wildman–Crippen LogP) is 15.1. The van der Waals surface area contributed by atoms with Crippen molar-refractivity contribution in [3.63, 3.8) is 0 Å². The van der Waals surface area contributed by atoms with E-state index in [0.29, 0.717) is 0 Å². The number of nitrogens with one attached hydrogen (secondary N) is 1. The summed E-state index contributed by atoms with van der Waals surface area (Å²) in [5.74, 6) is 0.170. The second-order valence-corrected chi connectivity index (χ2v) is 18.0. The Hall–Kier alpha value is -8.00. The van der Waals surface area contributed by atoms with Crippen molar-refractivity contribution in [1.29, 1.82) is 0 Å². The Bertz CT molecular complexity index is 3550. The van der Waals surface area contributed by atoms with Crippen molar-refractivity contribution in [2.75, 3.05) is 10.2 Å². The summed E-state index contributed by atoms with van der Waals surface area (Å²) in [4.78, 5) is 22.9. The van der Waals surface area contributed by atoms with E-state index < -0.39 is 0 Å². The molecule has 1 aliphatic carbocycles. The third-order valence-electron chi connectivity index (χ3n) is 13.0. The third-order valence-corrected chi connectivity index (χ3v) is 14.1. The van der Waals surface area contributed by atoms with Gasteiger partial charge in [-0.1, -0.05) is 121 Å². The van der Waals surface area contributed by atoms with Crippen LogP contribution in [-0.2, 0) is 0 Å². The Morgan fingerprint density at radius 2 is 1.20 bits per heavy atom. The highest BCUT2D eigenvalue weighted by molar-refractivity contribution is 7.25. The Morgan fingerprint density at radius 3 is 1.92 bits per heavy atom. The van der Waals surface area contributed by atoms with Crippen LogP contribution < -0.4 is 10.2 Å². The van der Waals surface area contributed by atoms with E-state index in [2.05, 4.69) is 206 Å². The predicted molar refractivity (Wildman–Crippen MR) is 270 cm³/mol. The third kappa shape index (κ3) is 6.62. The van der Waals surface area contributed by atoms with Gasteiger partial charge >= 0.3 is 0 Å². The zero-order valence-electron chi connectivity index (χ0n) is 35.9. The zero-order valence-corrected chi connectivity index (χ0v) is 36.7. The van der Waals surface area contributed by atoms with Gasteiger partial charge in [0.25, 0.3) is 0 Å². The first kappa shape index (κ1) is 38.7. The van der Waals surface area contributed by atoms with E-state index >= 15 is 0 Å². The largest absolute Gasteiger partial charge is 0.354 e. The first-order valence-corrected chi connectivity index (χ1v) is 22.8. The lowest BCUT2D eigenvalue weighted by molar-refractivity contribution is 0.537. The lowest BCUT2D eigenvalue weighted by atomic mass is 9.82. The SMILES string of the molecule is Cc1ccccc1-c1ncccc1Nc1cccc(-c2ccccc2-c2ccc3sc4ccc(-c5ccccc5-c5cccc(N6c7cccnc7C7C=CC=CC76C)c5)nc4c3n2)c1. The van der Waals surface area contributed by atoms with Gasteiger partial charge in [0.2, 0.25) is 0 Å². The Labute approximate surface area is 382 Å². The van der Waals surface area contributed by atoms with Crippen molar-refractivity contribution in [3.8, 4) is 56.0 Å². The minimum absolute atomic E-state index is 0.170. The van der Waals surface area contributed by atoms with Gasteiger partial charge in [-0.2, -0.15) is 0 Å². The molecule has 2 aliphatic rings. The fraction of sp³-hybridized carbons (Fsp3) is 0.0690. The van der Waals surface area contributed by atoms with Gasteiger partial charge in [0, 0.05) is 46.4 Å². The maximum Gasteiger partial charge on any atom is 0.108 e.